The van der Waals surface area contributed by atoms with Crippen LogP contribution in [-0.4, -0.2) is 79.8 Å². The molecule has 8 heteroatoms. The number of carbonyl (C=O) groups excluding carboxylic acids is 2. The van der Waals surface area contributed by atoms with Crippen LogP contribution in [-0.2, 0) is 11.2 Å². The number of piperidine rings is 1. The molecule has 2 fully saturated rings. The third kappa shape index (κ3) is 8.78. The summed E-state index contributed by atoms with van der Waals surface area (Å²) in [6, 6.07) is 15.2. The third-order valence-corrected chi connectivity index (χ3v) is 7.97. The Bertz CT molecular complexity index is 1090. The maximum atomic E-state index is 13.7. The van der Waals surface area contributed by atoms with Crippen molar-refractivity contribution in [3.05, 3.63) is 59.7 Å². The van der Waals surface area contributed by atoms with Crippen molar-refractivity contribution in [2.75, 3.05) is 44.7 Å². The molecule has 40 heavy (non-hydrogen) atoms. The van der Waals surface area contributed by atoms with Crippen LogP contribution in [0.5, 0.6) is 5.75 Å². The van der Waals surface area contributed by atoms with E-state index in [1.54, 1.807) is 17.0 Å². The Morgan fingerprint density at radius 3 is 2.58 bits per heavy atom. The summed E-state index contributed by atoms with van der Waals surface area (Å²) in [6.45, 7) is 5.82. The zero-order chi connectivity index (χ0) is 28.3. The molecule has 218 valence electrons. The van der Waals surface area contributed by atoms with Crippen LogP contribution in [0, 0.1) is 0 Å². The van der Waals surface area contributed by atoms with Gasteiger partial charge in [-0.05, 0) is 69.9 Å². The van der Waals surface area contributed by atoms with Crippen LogP contribution >= 0.6 is 0 Å². The summed E-state index contributed by atoms with van der Waals surface area (Å²) in [5.41, 5.74) is 2.16. The molecular formula is C32H46N4O4. The summed E-state index contributed by atoms with van der Waals surface area (Å²) < 4.78 is 6.01. The number of hydrogen-bond acceptors (Lipinski definition) is 6. The summed E-state index contributed by atoms with van der Waals surface area (Å²) >= 11 is 0. The standard InChI is InChI=1S/C32H46N4O4/c1-3-4-8-18-40-28-21-25(20-27(22-28)36-15-9-12-31(36)38)32(39)34-29(19-24-10-6-5-7-11-24)30(37)23-33-26-13-16-35(2)17-14-26/h5-7,10-11,20-22,26,29-30,33,37H,3-4,8-9,12-19,23H2,1-2H3,(H,34,39)/t29-,30-/m0/s1. The Kier molecular flexibility index (Phi) is 11.4. The highest BCUT2D eigenvalue weighted by molar-refractivity contribution is 5.99. The third-order valence-electron chi connectivity index (χ3n) is 7.97. The molecule has 4 rings (SSSR count). The normalized spacial score (nSPS) is 18.1. The fraction of sp³-hybridized carbons (Fsp3) is 0.562. The highest BCUT2D eigenvalue weighted by Gasteiger charge is 2.27. The number of aliphatic hydroxyl groups is 1. The molecule has 0 bridgehead atoms. The first-order valence-corrected chi connectivity index (χ1v) is 15.0. The lowest BCUT2D eigenvalue weighted by atomic mass is 9.99. The first-order chi connectivity index (χ1) is 19.4. The second-order valence-electron chi connectivity index (χ2n) is 11.2. The van der Waals surface area contributed by atoms with Crippen molar-refractivity contribution in [1.82, 2.24) is 15.5 Å². The zero-order valence-electron chi connectivity index (χ0n) is 24.1. The molecule has 3 N–H and O–H groups in total. The SMILES string of the molecule is CCCCCOc1cc(C(=O)N[C@@H](Cc2ccccc2)[C@@H](O)CNC2CCN(C)CC2)cc(N2CCCC2=O)c1. The number of nitrogens with one attached hydrogen (secondary N) is 2. The van der Waals surface area contributed by atoms with Gasteiger partial charge in [-0.3, -0.25) is 9.59 Å². The minimum absolute atomic E-state index is 0.0619. The fourth-order valence-electron chi connectivity index (χ4n) is 5.46. The summed E-state index contributed by atoms with van der Waals surface area (Å²) in [4.78, 5) is 30.2. The molecule has 0 unspecified atom stereocenters. The summed E-state index contributed by atoms with van der Waals surface area (Å²) in [6.07, 6.45) is 6.24. The number of rotatable bonds is 14. The van der Waals surface area contributed by atoms with Gasteiger partial charge in [0.15, 0.2) is 0 Å². The number of likely N-dealkylation sites (tertiary alicyclic amines) is 1. The lowest BCUT2D eigenvalue weighted by molar-refractivity contribution is -0.117. The van der Waals surface area contributed by atoms with E-state index in [9.17, 15) is 14.7 Å². The number of unbranched alkanes of at least 4 members (excludes halogenated alkanes) is 2. The smallest absolute Gasteiger partial charge is 0.251 e. The molecule has 2 heterocycles. The Labute approximate surface area is 239 Å². The molecule has 2 amide bonds. The Balaban J connectivity index is 1.49. The number of amides is 2. The van der Waals surface area contributed by atoms with Gasteiger partial charge in [0.25, 0.3) is 5.91 Å². The van der Waals surface area contributed by atoms with Crippen LogP contribution in [0.1, 0.15) is 67.8 Å². The van der Waals surface area contributed by atoms with Gasteiger partial charge < -0.3 is 30.3 Å². The Morgan fingerprint density at radius 1 is 1.10 bits per heavy atom. The predicted molar refractivity (Wildman–Crippen MR) is 159 cm³/mol. The fourth-order valence-corrected chi connectivity index (χ4v) is 5.46. The number of nitrogens with zero attached hydrogens (tertiary/aromatic N) is 2. The first kappa shape index (κ1) is 30.0. The van der Waals surface area contributed by atoms with Crippen molar-refractivity contribution in [3.8, 4) is 5.75 Å². The van der Waals surface area contributed by atoms with E-state index in [2.05, 4.69) is 29.5 Å². The largest absolute Gasteiger partial charge is 0.493 e. The molecule has 0 radical (unpaired) electrons. The van der Waals surface area contributed by atoms with Crippen LogP contribution in [0.25, 0.3) is 0 Å². The van der Waals surface area contributed by atoms with Crippen molar-refractivity contribution in [2.45, 2.75) is 76.5 Å². The summed E-state index contributed by atoms with van der Waals surface area (Å²) in [7, 11) is 2.13. The molecule has 2 aliphatic rings. The van der Waals surface area contributed by atoms with Crippen LogP contribution in [0.15, 0.2) is 48.5 Å². The van der Waals surface area contributed by atoms with Crippen LogP contribution in [0.2, 0.25) is 0 Å². The highest BCUT2D eigenvalue weighted by Crippen LogP contribution is 2.28. The van der Waals surface area contributed by atoms with E-state index in [4.69, 9.17) is 4.74 Å². The average molecular weight is 551 g/mol. The van der Waals surface area contributed by atoms with Gasteiger partial charge in [-0.15, -0.1) is 0 Å². The van der Waals surface area contributed by atoms with Crippen LogP contribution in [0.3, 0.4) is 0 Å². The maximum absolute atomic E-state index is 13.7. The average Bonchev–Trinajstić information content (AvgIpc) is 3.40. The van der Waals surface area contributed by atoms with Gasteiger partial charge in [-0.2, -0.15) is 0 Å². The van der Waals surface area contributed by atoms with Crippen LogP contribution < -0.4 is 20.3 Å². The van der Waals surface area contributed by atoms with E-state index in [1.165, 1.54) is 0 Å². The van der Waals surface area contributed by atoms with Crippen molar-refractivity contribution >= 4 is 17.5 Å². The van der Waals surface area contributed by atoms with E-state index < -0.39 is 12.1 Å². The summed E-state index contributed by atoms with van der Waals surface area (Å²) in [5, 5.41) is 17.9. The second-order valence-corrected chi connectivity index (χ2v) is 11.2. The van der Waals surface area contributed by atoms with Crippen molar-refractivity contribution in [1.29, 1.82) is 0 Å². The van der Waals surface area contributed by atoms with Gasteiger partial charge in [0.05, 0.1) is 18.8 Å². The van der Waals surface area contributed by atoms with E-state index in [1.807, 2.05) is 36.4 Å². The molecule has 2 aromatic rings. The maximum Gasteiger partial charge on any atom is 0.251 e. The Morgan fingerprint density at radius 2 is 1.88 bits per heavy atom. The first-order valence-electron chi connectivity index (χ1n) is 15.0. The number of aliphatic hydroxyl groups excluding tert-OH is 1. The van der Waals surface area contributed by atoms with Gasteiger partial charge in [-0.1, -0.05) is 50.1 Å². The number of hydrogen-bond donors (Lipinski definition) is 3. The summed E-state index contributed by atoms with van der Waals surface area (Å²) in [5.74, 6) is 0.362. The highest BCUT2D eigenvalue weighted by atomic mass is 16.5. The minimum Gasteiger partial charge on any atom is -0.493 e. The lowest BCUT2D eigenvalue weighted by Gasteiger charge is -2.31. The Hall–Kier alpha value is -2.94. The molecule has 8 nitrogen and oxygen atoms in total. The molecule has 0 aliphatic carbocycles. The van der Waals surface area contributed by atoms with Crippen LogP contribution in [0.4, 0.5) is 5.69 Å². The molecule has 2 saturated heterocycles. The van der Waals surface area contributed by atoms with E-state index in [0.717, 1.165) is 57.2 Å². The number of ether oxygens (including phenoxy) is 1. The lowest BCUT2D eigenvalue weighted by Crippen LogP contribution is -2.51. The molecule has 2 atom stereocenters. The molecule has 2 aliphatic heterocycles. The van der Waals surface area contributed by atoms with E-state index in [-0.39, 0.29) is 11.8 Å². The molecule has 0 saturated carbocycles. The van der Waals surface area contributed by atoms with E-state index >= 15 is 0 Å². The molecule has 0 spiro atoms. The van der Waals surface area contributed by atoms with Gasteiger partial charge in [-0.25, -0.2) is 0 Å². The number of carbonyl (C=O) groups is 2. The van der Waals surface area contributed by atoms with E-state index in [0.29, 0.717) is 55.6 Å². The molecular weight excluding hydrogens is 504 g/mol. The monoisotopic (exact) mass is 550 g/mol. The predicted octanol–water partition coefficient (Wildman–Crippen LogP) is 3.77. The van der Waals surface area contributed by atoms with Gasteiger partial charge >= 0.3 is 0 Å². The number of anilines is 1. The zero-order valence-corrected chi connectivity index (χ0v) is 24.1. The number of benzene rings is 2. The topological polar surface area (TPSA) is 94.1 Å². The quantitative estimate of drug-likeness (QED) is 0.310. The molecule has 2 aromatic carbocycles. The van der Waals surface area contributed by atoms with Gasteiger partial charge in [0.1, 0.15) is 5.75 Å². The van der Waals surface area contributed by atoms with Gasteiger partial charge in [0.2, 0.25) is 5.91 Å². The van der Waals surface area contributed by atoms with Crippen molar-refractivity contribution in [3.63, 3.8) is 0 Å². The minimum atomic E-state index is -0.767. The van der Waals surface area contributed by atoms with Crippen molar-refractivity contribution in [2.24, 2.45) is 0 Å². The van der Waals surface area contributed by atoms with Crippen molar-refractivity contribution < 1.29 is 19.4 Å². The van der Waals surface area contributed by atoms with Gasteiger partial charge in [0, 0.05) is 42.9 Å². The molecule has 0 aromatic heterocycles. The second kappa shape index (κ2) is 15.2.